The Bertz CT molecular complexity index is 1190. The van der Waals surface area contributed by atoms with Crippen LogP contribution in [0.5, 0.6) is 0 Å². The maximum atomic E-state index is 12.2. The molecule has 170 valence electrons. The number of nitrogens with zero attached hydrogens (tertiary/aromatic N) is 1. The van der Waals surface area contributed by atoms with E-state index < -0.39 is 6.09 Å². The third kappa shape index (κ3) is 6.54. The molecule has 0 fully saturated rings. The van der Waals surface area contributed by atoms with Crippen molar-refractivity contribution in [2.24, 2.45) is 0 Å². The standard InChI is InChI=1S/C25H24N4O3S.H2/c1-3-32-25(31)29-22-16-18(33-23-10-5-4-9-20(23)24(30)27-2)12-13-19(22)21(26)14-11-17-8-6-7-15-28-17;/h4-16,26H,3H2,1-2H3,(H,27,30)(H,29,31);1H/b14-11+,26-21?;. The summed E-state index contributed by atoms with van der Waals surface area (Å²) < 4.78 is 5.02. The van der Waals surface area contributed by atoms with Crippen molar-refractivity contribution in [2.75, 3.05) is 19.0 Å². The number of amides is 2. The molecule has 2 aromatic carbocycles. The summed E-state index contributed by atoms with van der Waals surface area (Å²) in [7, 11) is 1.59. The van der Waals surface area contributed by atoms with Crippen LogP contribution >= 0.6 is 11.8 Å². The summed E-state index contributed by atoms with van der Waals surface area (Å²) in [5, 5.41) is 13.9. The molecule has 33 heavy (non-hydrogen) atoms. The summed E-state index contributed by atoms with van der Waals surface area (Å²) >= 11 is 1.39. The molecular weight excluding hydrogens is 436 g/mol. The van der Waals surface area contributed by atoms with E-state index in [2.05, 4.69) is 15.6 Å². The molecule has 3 aromatic rings. The lowest BCUT2D eigenvalue weighted by molar-refractivity contribution is 0.0960. The molecule has 0 spiro atoms. The van der Waals surface area contributed by atoms with Gasteiger partial charge in [0.15, 0.2) is 0 Å². The lowest BCUT2D eigenvalue weighted by atomic mass is 10.1. The van der Waals surface area contributed by atoms with E-state index in [9.17, 15) is 9.59 Å². The van der Waals surface area contributed by atoms with Crippen molar-refractivity contribution < 1.29 is 15.8 Å². The van der Waals surface area contributed by atoms with Crippen LogP contribution in [0.2, 0.25) is 0 Å². The molecule has 2 amide bonds. The molecule has 0 saturated carbocycles. The monoisotopic (exact) mass is 462 g/mol. The van der Waals surface area contributed by atoms with Crippen LogP contribution in [0.25, 0.3) is 6.08 Å². The zero-order valence-electron chi connectivity index (χ0n) is 18.3. The quantitative estimate of drug-likeness (QED) is 0.384. The summed E-state index contributed by atoms with van der Waals surface area (Å²) in [6.07, 6.45) is 4.44. The maximum Gasteiger partial charge on any atom is 0.411 e. The number of nitrogens with one attached hydrogen (secondary N) is 3. The molecule has 1 aromatic heterocycles. The van der Waals surface area contributed by atoms with Gasteiger partial charge in [0, 0.05) is 30.0 Å². The second-order valence-electron chi connectivity index (χ2n) is 6.73. The van der Waals surface area contributed by atoms with Gasteiger partial charge in [0.05, 0.1) is 29.3 Å². The third-order valence-corrected chi connectivity index (χ3v) is 5.55. The van der Waals surface area contributed by atoms with Crippen LogP contribution in [-0.2, 0) is 4.74 Å². The zero-order valence-corrected chi connectivity index (χ0v) is 19.1. The van der Waals surface area contributed by atoms with E-state index in [1.165, 1.54) is 11.8 Å². The van der Waals surface area contributed by atoms with Crippen molar-refractivity contribution in [2.45, 2.75) is 16.7 Å². The number of rotatable bonds is 8. The van der Waals surface area contributed by atoms with Gasteiger partial charge >= 0.3 is 6.09 Å². The van der Waals surface area contributed by atoms with Gasteiger partial charge in [-0.25, -0.2) is 4.79 Å². The van der Waals surface area contributed by atoms with Crippen molar-refractivity contribution in [1.82, 2.24) is 10.3 Å². The fourth-order valence-corrected chi connectivity index (χ4v) is 3.92. The highest BCUT2D eigenvalue weighted by Gasteiger charge is 2.14. The molecular formula is C25H26N4O3S. The third-order valence-electron chi connectivity index (χ3n) is 4.49. The molecule has 3 N–H and O–H groups in total. The fraction of sp³-hybridized carbons (Fsp3) is 0.120. The van der Waals surface area contributed by atoms with Gasteiger partial charge in [-0.1, -0.05) is 30.0 Å². The van der Waals surface area contributed by atoms with Crippen LogP contribution in [0, 0.1) is 5.41 Å². The molecule has 0 radical (unpaired) electrons. The predicted octanol–water partition coefficient (Wildman–Crippen LogP) is 5.49. The maximum absolute atomic E-state index is 12.2. The van der Waals surface area contributed by atoms with E-state index in [4.69, 9.17) is 10.1 Å². The van der Waals surface area contributed by atoms with Crippen LogP contribution in [0.1, 0.15) is 30.0 Å². The summed E-state index contributed by atoms with van der Waals surface area (Å²) in [6.45, 7) is 1.95. The predicted molar refractivity (Wildman–Crippen MR) is 133 cm³/mol. The van der Waals surface area contributed by atoms with E-state index in [1.54, 1.807) is 56.6 Å². The molecule has 3 rings (SSSR count). The van der Waals surface area contributed by atoms with Crippen LogP contribution in [0.15, 0.2) is 82.7 Å². The molecule has 7 nitrogen and oxygen atoms in total. The Morgan fingerprint density at radius 1 is 1.12 bits per heavy atom. The molecule has 0 saturated heterocycles. The lowest BCUT2D eigenvalue weighted by Crippen LogP contribution is -2.18. The number of anilines is 1. The number of carbonyl (C=O) groups is 2. The molecule has 0 aliphatic heterocycles. The zero-order chi connectivity index (χ0) is 23.6. The Kier molecular flexibility index (Phi) is 8.37. The van der Waals surface area contributed by atoms with Gasteiger partial charge in [-0.15, -0.1) is 0 Å². The topological polar surface area (TPSA) is 104 Å². The molecule has 1 heterocycles. The summed E-state index contributed by atoms with van der Waals surface area (Å²) in [5.41, 5.74) is 2.45. The molecule has 8 heteroatoms. The normalized spacial score (nSPS) is 10.6. The summed E-state index contributed by atoms with van der Waals surface area (Å²) in [4.78, 5) is 30.1. The Morgan fingerprint density at radius 2 is 1.91 bits per heavy atom. The Balaban J connectivity index is 0.00000408. The highest BCUT2D eigenvalue weighted by molar-refractivity contribution is 7.99. The first kappa shape index (κ1) is 23.7. The molecule has 0 aliphatic carbocycles. The number of ether oxygens (including phenoxy) is 1. The van der Waals surface area contributed by atoms with Crippen molar-refractivity contribution in [3.8, 4) is 0 Å². The fourth-order valence-electron chi connectivity index (χ4n) is 2.94. The second-order valence-corrected chi connectivity index (χ2v) is 7.85. The number of benzene rings is 2. The molecule has 0 aliphatic rings. The number of aromatic nitrogens is 1. The smallest absolute Gasteiger partial charge is 0.411 e. The van der Waals surface area contributed by atoms with Crippen molar-refractivity contribution in [3.05, 3.63) is 89.8 Å². The number of allylic oxidation sites excluding steroid dienone is 1. The minimum Gasteiger partial charge on any atom is -0.450 e. The van der Waals surface area contributed by atoms with E-state index in [0.717, 1.165) is 15.5 Å². The highest BCUT2D eigenvalue weighted by Crippen LogP contribution is 2.33. The van der Waals surface area contributed by atoms with Crippen LogP contribution in [0.3, 0.4) is 0 Å². The second kappa shape index (κ2) is 11.6. The van der Waals surface area contributed by atoms with Gasteiger partial charge in [0.25, 0.3) is 5.91 Å². The average Bonchev–Trinajstić information content (AvgIpc) is 2.83. The van der Waals surface area contributed by atoms with Crippen LogP contribution < -0.4 is 10.6 Å². The largest absolute Gasteiger partial charge is 0.450 e. The van der Waals surface area contributed by atoms with Crippen LogP contribution in [0.4, 0.5) is 10.5 Å². The summed E-state index contributed by atoms with van der Waals surface area (Å²) in [6, 6.07) is 18.2. The average molecular weight is 463 g/mol. The first-order valence-corrected chi connectivity index (χ1v) is 11.1. The van der Waals surface area contributed by atoms with Gasteiger partial charge in [-0.2, -0.15) is 0 Å². The van der Waals surface area contributed by atoms with E-state index >= 15 is 0 Å². The number of pyridine rings is 1. The number of carbonyl (C=O) groups excluding carboxylic acids is 2. The van der Waals surface area contributed by atoms with Gasteiger partial charge in [-0.05, 0) is 61.5 Å². The summed E-state index contributed by atoms with van der Waals surface area (Å²) in [5.74, 6) is -0.180. The van der Waals surface area contributed by atoms with Gasteiger partial charge in [0.1, 0.15) is 0 Å². The van der Waals surface area contributed by atoms with E-state index in [-0.39, 0.29) is 19.7 Å². The minimum absolute atomic E-state index is 0. The Morgan fingerprint density at radius 3 is 2.64 bits per heavy atom. The lowest BCUT2D eigenvalue weighted by Gasteiger charge is -2.13. The SMILES string of the molecule is CCOC(=O)Nc1cc(Sc2ccccc2C(=O)NC)ccc1C(=N)/C=C/c1ccccn1.[HH]. The van der Waals surface area contributed by atoms with Crippen molar-refractivity contribution in [3.63, 3.8) is 0 Å². The van der Waals surface area contributed by atoms with Gasteiger partial charge in [0.2, 0.25) is 0 Å². The van der Waals surface area contributed by atoms with Gasteiger partial charge in [-0.3, -0.25) is 15.1 Å². The first-order chi connectivity index (χ1) is 16.0. The van der Waals surface area contributed by atoms with Gasteiger partial charge < -0.3 is 15.5 Å². The molecule has 0 unspecified atom stereocenters. The van der Waals surface area contributed by atoms with Crippen molar-refractivity contribution in [1.29, 1.82) is 5.41 Å². The highest BCUT2D eigenvalue weighted by atomic mass is 32.2. The minimum atomic E-state index is -0.604. The molecule has 0 atom stereocenters. The first-order valence-electron chi connectivity index (χ1n) is 10.3. The Labute approximate surface area is 198 Å². The number of hydrogen-bond acceptors (Lipinski definition) is 6. The van der Waals surface area contributed by atoms with Crippen LogP contribution in [-0.4, -0.2) is 36.4 Å². The number of hydrogen-bond donors (Lipinski definition) is 3. The van der Waals surface area contributed by atoms with E-state index in [0.29, 0.717) is 16.8 Å². The Hall–Kier alpha value is -3.91. The van der Waals surface area contributed by atoms with E-state index in [1.807, 2.05) is 36.4 Å². The van der Waals surface area contributed by atoms with Crippen molar-refractivity contribution >= 4 is 41.2 Å². The molecule has 0 bridgehead atoms.